The molecule has 0 aliphatic heterocycles. The molecule has 0 aliphatic rings. The summed E-state index contributed by atoms with van der Waals surface area (Å²) in [4.78, 5) is 0.127. The number of nitrogens with two attached hydrogens (primary N) is 1. The highest BCUT2D eigenvalue weighted by atomic mass is 32.2. The van der Waals surface area contributed by atoms with Crippen LogP contribution in [0.3, 0.4) is 0 Å². The van der Waals surface area contributed by atoms with Crippen LogP contribution >= 0.6 is 0 Å². The van der Waals surface area contributed by atoms with Crippen LogP contribution < -0.4 is 10.5 Å². The van der Waals surface area contributed by atoms with Gasteiger partial charge in [0.25, 0.3) is 0 Å². The molecule has 0 heterocycles. The molecule has 5 nitrogen and oxygen atoms in total. The van der Waals surface area contributed by atoms with E-state index in [1.54, 1.807) is 12.1 Å². The minimum absolute atomic E-state index is 0.0186. The maximum Gasteiger partial charge on any atom is 0.238 e. The van der Waals surface area contributed by atoms with Crippen LogP contribution in [0, 0.1) is 0 Å². The van der Waals surface area contributed by atoms with Gasteiger partial charge in [-0.2, -0.15) is 0 Å². The number of hydrogen-bond donors (Lipinski definition) is 2. The van der Waals surface area contributed by atoms with Crippen molar-refractivity contribution in [3.8, 4) is 0 Å². The first-order valence-electron chi connectivity index (χ1n) is 6.39. The van der Waals surface area contributed by atoms with Crippen LogP contribution in [0.2, 0.25) is 0 Å². The van der Waals surface area contributed by atoms with Crippen LogP contribution in [0.4, 0.5) is 0 Å². The summed E-state index contributed by atoms with van der Waals surface area (Å²) in [6.07, 6.45) is 0. The predicted molar refractivity (Wildman–Crippen MR) is 79.9 cm³/mol. The Bertz CT molecular complexity index is 555. The summed E-state index contributed by atoms with van der Waals surface area (Å²) in [5.74, 6) is 0. The third-order valence-corrected chi connectivity index (χ3v) is 3.64. The molecule has 0 radical (unpaired) electrons. The first-order chi connectivity index (χ1) is 9.30. The summed E-state index contributed by atoms with van der Waals surface area (Å²) in [6.45, 7) is 9.43. The smallest absolute Gasteiger partial charge is 0.238 e. The lowest BCUT2D eigenvalue weighted by atomic mass is 10.1. The number of ether oxygens (including phenoxy) is 1. The van der Waals surface area contributed by atoms with Crippen LogP contribution in [0.5, 0.6) is 0 Å². The van der Waals surface area contributed by atoms with Crippen molar-refractivity contribution in [2.24, 2.45) is 5.14 Å². The zero-order chi connectivity index (χ0) is 15.2. The second-order valence-electron chi connectivity index (χ2n) is 4.80. The summed E-state index contributed by atoms with van der Waals surface area (Å²) in [5, 5.41) is 8.38. The van der Waals surface area contributed by atoms with Gasteiger partial charge in [-0.1, -0.05) is 24.3 Å². The number of benzene rings is 1. The molecular weight excluding hydrogens is 276 g/mol. The SMILES string of the molecule is C=C(C)COCCNC(C)c1cccc(S(N)(=O)=O)c1. The Labute approximate surface area is 120 Å². The first-order valence-corrected chi connectivity index (χ1v) is 7.93. The van der Waals surface area contributed by atoms with E-state index in [2.05, 4.69) is 11.9 Å². The van der Waals surface area contributed by atoms with Gasteiger partial charge in [0.1, 0.15) is 0 Å². The van der Waals surface area contributed by atoms with Crippen molar-refractivity contribution in [3.05, 3.63) is 42.0 Å². The lowest BCUT2D eigenvalue weighted by Gasteiger charge is -2.15. The molecule has 0 saturated carbocycles. The summed E-state index contributed by atoms with van der Waals surface area (Å²) in [7, 11) is -3.66. The number of primary sulfonamides is 1. The highest BCUT2D eigenvalue weighted by Crippen LogP contribution is 2.16. The van der Waals surface area contributed by atoms with Gasteiger partial charge in [0.05, 0.1) is 18.1 Å². The van der Waals surface area contributed by atoms with Crippen LogP contribution in [-0.2, 0) is 14.8 Å². The van der Waals surface area contributed by atoms with Crippen molar-refractivity contribution in [3.63, 3.8) is 0 Å². The van der Waals surface area contributed by atoms with Gasteiger partial charge < -0.3 is 10.1 Å². The van der Waals surface area contributed by atoms with Gasteiger partial charge in [-0.3, -0.25) is 0 Å². The van der Waals surface area contributed by atoms with Crippen molar-refractivity contribution in [1.29, 1.82) is 0 Å². The minimum Gasteiger partial charge on any atom is -0.376 e. The molecule has 0 saturated heterocycles. The fraction of sp³-hybridized carbons (Fsp3) is 0.429. The molecular formula is C14H22N2O3S. The van der Waals surface area contributed by atoms with Crippen LogP contribution in [0.15, 0.2) is 41.3 Å². The molecule has 0 bridgehead atoms. The summed E-state index contributed by atoms with van der Waals surface area (Å²) < 4.78 is 28.0. The van der Waals surface area contributed by atoms with E-state index < -0.39 is 10.0 Å². The van der Waals surface area contributed by atoms with E-state index in [1.165, 1.54) is 6.07 Å². The normalized spacial score (nSPS) is 13.2. The van der Waals surface area contributed by atoms with Crippen LogP contribution in [-0.4, -0.2) is 28.2 Å². The molecule has 1 aromatic carbocycles. The summed E-state index contributed by atoms with van der Waals surface area (Å²) >= 11 is 0. The monoisotopic (exact) mass is 298 g/mol. The van der Waals surface area contributed by atoms with E-state index >= 15 is 0 Å². The Hall–Kier alpha value is -1.21. The Morgan fingerprint density at radius 2 is 2.20 bits per heavy atom. The van der Waals surface area contributed by atoms with Gasteiger partial charge >= 0.3 is 0 Å². The Morgan fingerprint density at radius 3 is 2.80 bits per heavy atom. The number of nitrogens with one attached hydrogen (secondary N) is 1. The van der Waals surface area contributed by atoms with E-state index in [4.69, 9.17) is 9.88 Å². The van der Waals surface area contributed by atoms with E-state index in [1.807, 2.05) is 19.9 Å². The Kier molecular flexibility index (Phi) is 6.35. The highest BCUT2D eigenvalue weighted by Gasteiger charge is 2.11. The molecule has 1 aromatic rings. The molecule has 0 spiro atoms. The van der Waals surface area contributed by atoms with Crippen molar-refractivity contribution < 1.29 is 13.2 Å². The van der Waals surface area contributed by atoms with E-state index in [0.717, 1.165) is 11.1 Å². The van der Waals surface area contributed by atoms with Crippen LogP contribution in [0.25, 0.3) is 0 Å². The topological polar surface area (TPSA) is 81.4 Å². The quantitative estimate of drug-likeness (QED) is 0.564. The zero-order valence-corrected chi connectivity index (χ0v) is 12.7. The molecule has 1 atom stereocenters. The molecule has 0 amide bonds. The fourth-order valence-corrected chi connectivity index (χ4v) is 2.24. The molecule has 1 unspecified atom stereocenters. The maximum absolute atomic E-state index is 11.3. The number of hydrogen-bond acceptors (Lipinski definition) is 4. The molecule has 1 rings (SSSR count). The summed E-state index contributed by atoms with van der Waals surface area (Å²) in [6, 6.07) is 6.64. The van der Waals surface area contributed by atoms with Crippen molar-refractivity contribution in [2.45, 2.75) is 24.8 Å². The highest BCUT2D eigenvalue weighted by molar-refractivity contribution is 7.89. The van der Waals surface area contributed by atoms with Gasteiger partial charge in [-0.25, -0.2) is 13.6 Å². The molecule has 3 N–H and O–H groups in total. The molecule has 20 heavy (non-hydrogen) atoms. The fourth-order valence-electron chi connectivity index (χ4n) is 1.67. The van der Waals surface area contributed by atoms with E-state index in [0.29, 0.717) is 19.8 Å². The van der Waals surface area contributed by atoms with Gasteiger partial charge in [-0.15, -0.1) is 0 Å². The van der Waals surface area contributed by atoms with Crippen molar-refractivity contribution >= 4 is 10.0 Å². The second kappa shape index (κ2) is 7.54. The first kappa shape index (κ1) is 16.8. The van der Waals surface area contributed by atoms with Gasteiger partial charge in [0.2, 0.25) is 10.0 Å². The van der Waals surface area contributed by atoms with E-state index in [9.17, 15) is 8.42 Å². The molecule has 0 aromatic heterocycles. The van der Waals surface area contributed by atoms with Gasteiger partial charge in [0, 0.05) is 12.6 Å². The average Bonchev–Trinajstić information content (AvgIpc) is 2.37. The molecule has 0 aliphatic carbocycles. The third-order valence-electron chi connectivity index (χ3n) is 2.73. The van der Waals surface area contributed by atoms with Gasteiger partial charge in [-0.05, 0) is 31.5 Å². The average molecular weight is 298 g/mol. The van der Waals surface area contributed by atoms with Crippen molar-refractivity contribution in [1.82, 2.24) is 5.32 Å². The third kappa shape index (κ3) is 5.83. The van der Waals surface area contributed by atoms with Gasteiger partial charge in [0.15, 0.2) is 0 Å². The summed E-state index contributed by atoms with van der Waals surface area (Å²) in [5.41, 5.74) is 1.86. The lowest BCUT2D eigenvalue weighted by molar-refractivity contribution is 0.156. The Balaban J connectivity index is 2.51. The number of sulfonamides is 1. The molecule has 6 heteroatoms. The van der Waals surface area contributed by atoms with E-state index in [-0.39, 0.29) is 10.9 Å². The Morgan fingerprint density at radius 1 is 1.50 bits per heavy atom. The molecule has 112 valence electrons. The second-order valence-corrected chi connectivity index (χ2v) is 6.36. The molecule has 0 fully saturated rings. The minimum atomic E-state index is -3.66. The standard InChI is InChI=1S/C14H22N2O3S/c1-11(2)10-19-8-7-16-12(3)13-5-4-6-14(9-13)20(15,17)18/h4-6,9,12,16H,1,7-8,10H2,2-3H3,(H2,15,17,18). The largest absolute Gasteiger partial charge is 0.376 e. The number of rotatable bonds is 8. The maximum atomic E-state index is 11.3. The zero-order valence-electron chi connectivity index (χ0n) is 11.9. The van der Waals surface area contributed by atoms with Crippen molar-refractivity contribution in [2.75, 3.05) is 19.8 Å². The lowest BCUT2D eigenvalue weighted by Crippen LogP contribution is -2.24. The predicted octanol–water partition coefficient (Wildman–Crippen LogP) is 1.58. The van der Waals surface area contributed by atoms with Crippen LogP contribution in [0.1, 0.15) is 25.5 Å².